The van der Waals surface area contributed by atoms with Gasteiger partial charge >= 0.3 is 6.09 Å². The highest BCUT2D eigenvalue weighted by molar-refractivity contribution is 6.42. The number of aromatic nitrogens is 2. The van der Waals surface area contributed by atoms with Crippen molar-refractivity contribution in [2.45, 2.75) is 39.3 Å². The number of amides is 2. The Morgan fingerprint density at radius 3 is 2.33 bits per heavy atom. The second kappa shape index (κ2) is 8.99. The van der Waals surface area contributed by atoms with E-state index in [0.717, 1.165) is 5.56 Å². The predicted octanol–water partition coefficient (Wildman–Crippen LogP) is 4.58. The second-order valence-electron chi connectivity index (χ2n) is 9.28. The maximum atomic E-state index is 13.7. The summed E-state index contributed by atoms with van der Waals surface area (Å²) in [5.41, 5.74) is 0.974. The Kier molecular flexibility index (Phi) is 6.42. The SMILES string of the molecule is CC1=Nc2ccnn2C(c2ccc(Cl)c(Cl)c2)C1C(=O)N1CCN(C(=O)OC(C)(C)C)CC1. The average molecular weight is 492 g/mol. The molecule has 8 nitrogen and oxygen atoms in total. The van der Waals surface area contributed by atoms with Crippen molar-refractivity contribution in [3.05, 3.63) is 46.1 Å². The molecular formula is C23H27Cl2N5O3. The van der Waals surface area contributed by atoms with Crippen LogP contribution in [0, 0.1) is 5.92 Å². The van der Waals surface area contributed by atoms with Crippen molar-refractivity contribution in [1.82, 2.24) is 19.6 Å². The molecule has 1 saturated heterocycles. The molecule has 1 fully saturated rings. The van der Waals surface area contributed by atoms with Gasteiger partial charge in [0.05, 0.1) is 22.3 Å². The first-order valence-electron chi connectivity index (χ1n) is 10.9. The van der Waals surface area contributed by atoms with Crippen LogP contribution in [-0.4, -0.2) is 69.1 Å². The topological polar surface area (TPSA) is 80.0 Å². The number of carbonyl (C=O) groups excluding carboxylic acids is 2. The number of halogens is 2. The van der Waals surface area contributed by atoms with Crippen LogP contribution < -0.4 is 0 Å². The molecule has 2 aliphatic rings. The van der Waals surface area contributed by atoms with Gasteiger partial charge in [0.25, 0.3) is 0 Å². The first-order chi connectivity index (χ1) is 15.5. The largest absolute Gasteiger partial charge is 0.444 e. The van der Waals surface area contributed by atoms with Gasteiger partial charge in [0, 0.05) is 38.0 Å². The minimum atomic E-state index is -0.561. The van der Waals surface area contributed by atoms with Gasteiger partial charge in [-0.15, -0.1) is 0 Å². The summed E-state index contributed by atoms with van der Waals surface area (Å²) in [4.78, 5) is 34.2. The van der Waals surface area contributed by atoms with Gasteiger partial charge < -0.3 is 14.5 Å². The number of benzene rings is 1. The molecule has 2 aromatic rings. The van der Waals surface area contributed by atoms with E-state index in [1.807, 2.05) is 39.8 Å². The minimum Gasteiger partial charge on any atom is -0.444 e. The molecule has 0 radical (unpaired) electrons. The van der Waals surface area contributed by atoms with Crippen LogP contribution in [0.3, 0.4) is 0 Å². The van der Waals surface area contributed by atoms with Gasteiger partial charge in [-0.05, 0) is 45.4 Å². The Morgan fingerprint density at radius 1 is 1.03 bits per heavy atom. The summed E-state index contributed by atoms with van der Waals surface area (Å²) in [5, 5.41) is 5.31. The summed E-state index contributed by atoms with van der Waals surface area (Å²) in [5.74, 6) is 0.0717. The molecule has 0 N–H and O–H groups in total. The van der Waals surface area contributed by atoms with Gasteiger partial charge in [-0.3, -0.25) is 4.79 Å². The number of fused-ring (bicyclic) bond motifs is 1. The standard InChI is InChI=1S/C23H27Cl2N5O3/c1-14-19(21(31)28-9-11-29(12-10-28)22(32)33-23(2,3)4)20(30-18(27-14)7-8-26-30)15-5-6-16(24)17(25)13-15/h5-8,13,19-20H,9-12H2,1-4H3. The number of hydrogen-bond donors (Lipinski definition) is 0. The third-order valence-electron chi connectivity index (χ3n) is 5.76. The maximum Gasteiger partial charge on any atom is 0.410 e. The Bertz CT molecular complexity index is 1100. The lowest BCUT2D eigenvalue weighted by molar-refractivity contribution is -0.136. The number of nitrogens with zero attached hydrogens (tertiary/aromatic N) is 5. The van der Waals surface area contributed by atoms with E-state index in [0.29, 0.717) is 47.8 Å². The van der Waals surface area contributed by atoms with Crippen LogP contribution in [0.1, 0.15) is 39.3 Å². The number of hydrogen-bond acceptors (Lipinski definition) is 5. The zero-order valence-corrected chi connectivity index (χ0v) is 20.6. The molecule has 2 aliphatic heterocycles. The van der Waals surface area contributed by atoms with Crippen molar-refractivity contribution in [3.63, 3.8) is 0 Å². The predicted molar refractivity (Wildman–Crippen MR) is 127 cm³/mol. The fraction of sp³-hybridized carbons (Fsp3) is 0.478. The average Bonchev–Trinajstić information content (AvgIpc) is 3.21. The van der Waals surface area contributed by atoms with E-state index in [1.54, 1.807) is 32.8 Å². The van der Waals surface area contributed by atoms with Crippen molar-refractivity contribution >= 4 is 46.7 Å². The fourth-order valence-electron chi connectivity index (χ4n) is 4.21. The molecule has 2 atom stereocenters. The smallest absolute Gasteiger partial charge is 0.410 e. The van der Waals surface area contributed by atoms with Crippen LogP contribution in [0.4, 0.5) is 10.6 Å². The molecule has 4 rings (SSSR count). The van der Waals surface area contributed by atoms with E-state index in [-0.39, 0.29) is 12.0 Å². The molecule has 0 aliphatic carbocycles. The monoisotopic (exact) mass is 491 g/mol. The minimum absolute atomic E-state index is 0.0580. The van der Waals surface area contributed by atoms with Crippen LogP contribution in [0.25, 0.3) is 0 Å². The quantitative estimate of drug-likeness (QED) is 0.615. The summed E-state index contributed by atoms with van der Waals surface area (Å²) in [7, 11) is 0. The van der Waals surface area contributed by atoms with Gasteiger partial charge in [-0.25, -0.2) is 14.5 Å². The van der Waals surface area contributed by atoms with E-state index >= 15 is 0 Å². The number of ether oxygens (including phenoxy) is 1. The van der Waals surface area contributed by atoms with Gasteiger partial charge in [-0.2, -0.15) is 5.10 Å². The summed E-state index contributed by atoms with van der Waals surface area (Å²) in [6, 6.07) is 6.78. The molecular weight excluding hydrogens is 465 g/mol. The van der Waals surface area contributed by atoms with Crippen molar-refractivity contribution in [2.24, 2.45) is 10.9 Å². The molecule has 0 bridgehead atoms. The van der Waals surface area contributed by atoms with Gasteiger partial charge in [0.1, 0.15) is 11.5 Å². The summed E-state index contributed by atoms with van der Waals surface area (Å²) < 4.78 is 7.22. The Balaban J connectivity index is 1.57. The molecule has 2 amide bonds. The lowest BCUT2D eigenvalue weighted by atomic mass is 9.87. The third-order valence-corrected chi connectivity index (χ3v) is 6.50. The second-order valence-corrected chi connectivity index (χ2v) is 10.1. The Labute approximate surface area is 203 Å². The summed E-state index contributed by atoms with van der Waals surface area (Å²) in [6.07, 6.45) is 1.31. The normalized spacial score (nSPS) is 20.8. The number of rotatable bonds is 2. The zero-order valence-electron chi connectivity index (χ0n) is 19.1. The number of piperazine rings is 1. The molecule has 176 valence electrons. The van der Waals surface area contributed by atoms with E-state index in [2.05, 4.69) is 10.1 Å². The highest BCUT2D eigenvalue weighted by Gasteiger charge is 2.41. The molecule has 2 unspecified atom stereocenters. The van der Waals surface area contributed by atoms with Gasteiger partial charge in [0.2, 0.25) is 5.91 Å². The maximum absolute atomic E-state index is 13.7. The summed E-state index contributed by atoms with van der Waals surface area (Å²) in [6.45, 7) is 9.03. The van der Waals surface area contributed by atoms with Crippen LogP contribution in [0.5, 0.6) is 0 Å². The highest BCUT2D eigenvalue weighted by atomic mass is 35.5. The van der Waals surface area contributed by atoms with Gasteiger partial charge in [0.15, 0.2) is 5.82 Å². The fourth-order valence-corrected chi connectivity index (χ4v) is 4.51. The van der Waals surface area contributed by atoms with E-state index in [9.17, 15) is 9.59 Å². The van der Waals surface area contributed by atoms with Crippen molar-refractivity contribution < 1.29 is 14.3 Å². The molecule has 3 heterocycles. The van der Waals surface area contributed by atoms with Crippen molar-refractivity contribution in [2.75, 3.05) is 26.2 Å². The molecule has 0 spiro atoms. The third kappa shape index (κ3) is 4.87. The number of aliphatic imine (C=N–C) groups is 1. The Morgan fingerprint density at radius 2 is 1.70 bits per heavy atom. The first-order valence-corrected chi connectivity index (χ1v) is 11.6. The lowest BCUT2D eigenvalue weighted by Gasteiger charge is -2.39. The lowest BCUT2D eigenvalue weighted by Crippen LogP contribution is -2.54. The molecule has 10 heteroatoms. The van der Waals surface area contributed by atoms with Crippen molar-refractivity contribution in [1.29, 1.82) is 0 Å². The van der Waals surface area contributed by atoms with Crippen LogP contribution in [-0.2, 0) is 9.53 Å². The van der Waals surface area contributed by atoms with Crippen LogP contribution >= 0.6 is 23.2 Å². The van der Waals surface area contributed by atoms with E-state index < -0.39 is 17.6 Å². The van der Waals surface area contributed by atoms with E-state index in [1.165, 1.54) is 0 Å². The molecule has 0 saturated carbocycles. The molecule has 33 heavy (non-hydrogen) atoms. The summed E-state index contributed by atoms with van der Waals surface area (Å²) >= 11 is 12.4. The van der Waals surface area contributed by atoms with Crippen molar-refractivity contribution in [3.8, 4) is 0 Å². The molecule has 1 aromatic heterocycles. The molecule has 1 aromatic carbocycles. The first kappa shape index (κ1) is 23.6. The Hall–Kier alpha value is -2.58. The van der Waals surface area contributed by atoms with E-state index in [4.69, 9.17) is 27.9 Å². The number of carbonyl (C=O) groups is 2. The highest BCUT2D eigenvalue weighted by Crippen LogP contribution is 2.38. The van der Waals surface area contributed by atoms with Crippen LogP contribution in [0.15, 0.2) is 35.5 Å². The zero-order chi connectivity index (χ0) is 23.9. The van der Waals surface area contributed by atoms with Crippen LogP contribution in [0.2, 0.25) is 10.0 Å². The van der Waals surface area contributed by atoms with Gasteiger partial charge in [-0.1, -0.05) is 29.3 Å².